The second-order valence-electron chi connectivity index (χ2n) is 5.50. The van der Waals surface area contributed by atoms with Crippen LogP contribution < -0.4 is 11.1 Å². The van der Waals surface area contributed by atoms with Gasteiger partial charge in [-0.3, -0.25) is 9.78 Å². The Hall–Kier alpha value is -2.56. The third-order valence-electron chi connectivity index (χ3n) is 3.74. The van der Waals surface area contributed by atoms with Gasteiger partial charge in [0.15, 0.2) is 0 Å². The van der Waals surface area contributed by atoms with E-state index >= 15 is 0 Å². The number of hydrogen-bond donors (Lipinski definition) is 2. The van der Waals surface area contributed by atoms with Crippen LogP contribution in [-0.2, 0) is 0 Å². The Kier molecular flexibility index (Phi) is 4.93. The molecule has 0 saturated heterocycles. The summed E-state index contributed by atoms with van der Waals surface area (Å²) in [5, 5.41) is 3.34. The summed E-state index contributed by atoms with van der Waals surface area (Å²) in [5.41, 5.74) is 9.37. The molecule has 0 aliphatic rings. The number of halogens is 2. The lowest BCUT2D eigenvalue weighted by Crippen LogP contribution is -2.14. The van der Waals surface area contributed by atoms with Crippen LogP contribution in [0.5, 0.6) is 0 Å². The smallest absolute Gasteiger partial charge is 0.257 e. The normalized spacial score (nSPS) is 10.5. The molecule has 1 amide bonds. The van der Waals surface area contributed by atoms with Gasteiger partial charge in [0, 0.05) is 11.3 Å². The van der Waals surface area contributed by atoms with Crippen molar-refractivity contribution in [1.29, 1.82) is 0 Å². The van der Waals surface area contributed by atoms with Crippen molar-refractivity contribution in [2.75, 3.05) is 11.1 Å². The van der Waals surface area contributed by atoms with E-state index < -0.39 is 0 Å². The number of rotatable bonds is 3. The van der Waals surface area contributed by atoms with Crippen molar-refractivity contribution < 1.29 is 4.79 Å². The van der Waals surface area contributed by atoms with Crippen molar-refractivity contribution in [2.24, 2.45) is 0 Å². The standard InChI is InChI=1S/C19H15Cl2N3O/c1-11-14(7-8-17(23-11)12-5-3-2-4-6-12)19(25)24-13-9-15(20)18(22)16(21)10-13/h2-10H,22H2,1H3,(H,24,25). The summed E-state index contributed by atoms with van der Waals surface area (Å²) in [6.45, 7) is 1.80. The fraction of sp³-hybridized carbons (Fsp3) is 0.0526. The number of aryl methyl sites for hydroxylation is 1. The summed E-state index contributed by atoms with van der Waals surface area (Å²) >= 11 is 12.0. The molecule has 1 heterocycles. The van der Waals surface area contributed by atoms with Crippen molar-refractivity contribution in [3.8, 4) is 11.3 Å². The van der Waals surface area contributed by atoms with Gasteiger partial charge in [0.25, 0.3) is 5.91 Å². The van der Waals surface area contributed by atoms with Crippen LogP contribution in [0.2, 0.25) is 10.0 Å². The lowest BCUT2D eigenvalue weighted by atomic mass is 10.1. The monoisotopic (exact) mass is 371 g/mol. The van der Waals surface area contributed by atoms with E-state index in [9.17, 15) is 4.79 Å². The number of nitrogen functional groups attached to an aromatic ring is 1. The quantitative estimate of drug-likeness (QED) is 0.621. The van der Waals surface area contributed by atoms with Gasteiger partial charge in [-0.05, 0) is 31.2 Å². The molecule has 0 aliphatic heterocycles. The molecule has 0 fully saturated rings. The first kappa shape index (κ1) is 17.3. The van der Waals surface area contributed by atoms with Gasteiger partial charge in [-0.15, -0.1) is 0 Å². The van der Waals surface area contributed by atoms with Gasteiger partial charge in [-0.1, -0.05) is 53.5 Å². The first-order valence-electron chi connectivity index (χ1n) is 7.54. The zero-order valence-corrected chi connectivity index (χ0v) is 14.9. The maximum Gasteiger partial charge on any atom is 0.257 e. The largest absolute Gasteiger partial charge is 0.396 e. The highest BCUT2D eigenvalue weighted by atomic mass is 35.5. The number of anilines is 2. The number of carbonyl (C=O) groups excluding carboxylic acids is 1. The molecule has 0 unspecified atom stereocenters. The van der Waals surface area contributed by atoms with E-state index in [2.05, 4.69) is 10.3 Å². The molecule has 3 rings (SSSR count). The average Bonchev–Trinajstić information content (AvgIpc) is 2.60. The second-order valence-corrected chi connectivity index (χ2v) is 6.32. The zero-order chi connectivity index (χ0) is 18.0. The van der Waals surface area contributed by atoms with Crippen molar-refractivity contribution in [2.45, 2.75) is 6.92 Å². The van der Waals surface area contributed by atoms with Crippen LogP contribution in [0.4, 0.5) is 11.4 Å². The molecule has 126 valence electrons. The summed E-state index contributed by atoms with van der Waals surface area (Å²) in [6, 6.07) is 16.5. The minimum absolute atomic E-state index is 0.284. The van der Waals surface area contributed by atoms with Gasteiger partial charge < -0.3 is 11.1 Å². The number of pyridine rings is 1. The number of aromatic nitrogens is 1. The first-order valence-corrected chi connectivity index (χ1v) is 8.30. The summed E-state index contributed by atoms with van der Waals surface area (Å²) in [7, 11) is 0. The Morgan fingerprint density at radius 2 is 1.68 bits per heavy atom. The summed E-state index contributed by atoms with van der Waals surface area (Å²) < 4.78 is 0. The Bertz CT molecular complexity index is 920. The highest BCUT2D eigenvalue weighted by molar-refractivity contribution is 6.39. The molecule has 0 saturated carbocycles. The maximum atomic E-state index is 12.5. The molecular formula is C19H15Cl2N3O. The molecule has 0 radical (unpaired) electrons. The van der Waals surface area contributed by atoms with Crippen LogP contribution in [0.25, 0.3) is 11.3 Å². The number of amides is 1. The Labute approximate surface area is 155 Å². The topological polar surface area (TPSA) is 68.0 Å². The molecular weight excluding hydrogens is 357 g/mol. The second kappa shape index (κ2) is 7.13. The number of carbonyl (C=O) groups is 1. The predicted molar refractivity (Wildman–Crippen MR) is 103 cm³/mol. The van der Waals surface area contributed by atoms with Crippen LogP contribution in [0.3, 0.4) is 0 Å². The van der Waals surface area contributed by atoms with Gasteiger partial charge in [-0.25, -0.2) is 0 Å². The molecule has 0 bridgehead atoms. The molecule has 6 heteroatoms. The maximum absolute atomic E-state index is 12.5. The van der Waals surface area contributed by atoms with Gasteiger partial charge in [0.1, 0.15) is 0 Å². The zero-order valence-electron chi connectivity index (χ0n) is 13.4. The summed E-state index contributed by atoms with van der Waals surface area (Å²) in [5.74, 6) is -0.290. The van der Waals surface area contributed by atoms with E-state index in [0.29, 0.717) is 16.9 Å². The lowest BCUT2D eigenvalue weighted by Gasteiger charge is -2.11. The Morgan fingerprint density at radius 3 is 2.28 bits per heavy atom. The molecule has 25 heavy (non-hydrogen) atoms. The van der Waals surface area contributed by atoms with Crippen LogP contribution in [0.15, 0.2) is 54.6 Å². The van der Waals surface area contributed by atoms with Crippen molar-refractivity contribution in [3.05, 3.63) is 75.9 Å². The minimum Gasteiger partial charge on any atom is -0.396 e. The number of benzene rings is 2. The fourth-order valence-electron chi connectivity index (χ4n) is 2.43. The van der Waals surface area contributed by atoms with Crippen LogP contribution in [0.1, 0.15) is 16.1 Å². The minimum atomic E-state index is -0.290. The molecule has 2 aromatic carbocycles. The van der Waals surface area contributed by atoms with Gasteiger partial charge >= 0.3 is 0 Å². The summed E-state index contributed by atoms with van der Waals surface area (Å²) in [6.07, 6.45) is 0. The third kappa shape index (κ3) is 3.76. The third-order valence-corrected chi connectivity index (χ3v) is 4.36. The van der Waals surface area contributed by atoms with Crippen molar-refractivity contribution in [3.63, 3.8) is 0 Å². The molecule has 1 aromatic heterocycles. The number of nitrogens with one attached hydrogen (secondary N) is 1. The predicted octanol–water partition coefficient (Wildman–Crippen LogP) is 5.20. The highest BCUT2D eigenvalue weighted by Gasteiger charge is 2.13. The van der Waals surface area contributed by atoms with Gasteiger partial charge in [0.2, 0.25) is 0 Å². The molecule has 3 N–H and O–H groups in total. The average molecular weight is 372 g/mol. The number of nitrogens with zero attached hydrogens (tertiary/aromatic N) is 1. The van der Waals surface area contributed by atoms with Crippen molar-refractivity contribution in [1.82, 2.24) is 4.98 Å². The SMILES string of the molecule is Cc1nc(-c2ccccc2)ccc1C(=O)Nc1cc(Cl)c(N)c(Cl)c1. The van der Waals surface area contributed by atoms with Gasteiger partial charge in [0.05, 0.1) is 32.7 Å². The van der Waals surface area contributed by atoms with Crippen molar-refractivity contribution >= 4 is 40.5 Å². The number of nitrogens with two attached hydrogens (primary N) is 1. The molecule has 4 nitrogen and oxygen atoms in total. The Balaban J connectivity index is 1.86. The van der Waals surface area contributed by atoms with E-state index in [-0.39, 0.29) is 21.6 Å². The van der Waals surface area contributed by atoms with E-state index in [1.807, 2.05) is 36.4 Å². The molecule has 0 spiro atoms. The van der Waals surface area contributed by atoms with Crippen LogP contribution >= 0.6 is 23.2 Å². The Morgan fingerprint density at radius 1 is 1.04 bits per heavy atom. The lowest BCUT2D eigenvalue weighted by molar-refractivity contribution is 0.102. The van der Waals surface area contributed by atoms with Gasteiger partial charge in [-0.2, -0.15) is 0 Å². The molecule has 3 aromatic rings. The van der Waals surface area contributed by atoms with E-state index in [4.69, 9.17) is 28.9 Å². The summed E-state index contributed by atoms with van der Waals surface area (Å²) in [4.78, 5) is 17.0. The van der Waals surface area contributed by atoms with Crippen LogP contribution in [-0.4, -0.2) is 10.9 Å². The van der Waals surface area contributed by atoms with E-state index in [0.717, 1.165) is 11.3 Å². The van der Waals surface area contributed by atoms with E-state index in [1.54, 1.807) is 25.1 Å². The van der Waals surface area contributed by atoms with Crippen LogP contribution in [0, 0.1) is 6.92 Å². The first-order chi connectivity index (χ1) is 12.0. The molecule has 0 aliphatic carbocycles. The highest BCUT2D eigenvalue weighted by Crippen LogP contribution is 2.31. The van der Waals surface area contributed by atoms with E-state index in [1.165, 1.54) is 0 Å². The fourth-order valence-corrected chi connectivity index (χ4v) is 2.91. The molecule has 0 atom stereocenters. The number of hydrogen-bond acceptors (Lipinski definition) is 3.